The Hall–Kier alpha value is -4.21. The number of halogens is 2. The molecule has 11 heteroatoms. The Kier molecular flexibility index (Phi) is 7.56. The number of carbonyl (C=O) groups is 3. The minimum absolute atomic E-state index is 0.00316. The zero-order valence-corrected chi connectivity index (χ0v) is 21.0. The van der Waals surface area contributed by atoms with Crippen LogP contribution in [0.3, 0.4) is 0 Å². The van der Waals surface area contributed by atoms with Crippen molar-refractivity contribution in [3.63, 3.8) is 0 Å². The van der Waals surface area contributed by atoms with Crippen LogP contribution >= 0.6 is 23.2 Å². The number of hydrogen-bond donors (Lipinski definition) is 2. The third-order valence-corrected chi connectivity index (χ3v) is 6.32. The lowest BCUT2D eigenvalue weighted by Gasteiger charge is -2.15. The molecule has 9 nitrogen and oxygen atoms in total. The van der Waals surface area contributed by atoms with E-state index in [-0.39, 0.29) is 29.5 Å². The first-order valence-corrected chi connectivity index (χ1v) is 11.8. The van der Waals surface area contributed by atoms with Gasteiger partial charge in [-0.2, -0.15) is 0 Å². The van der Waals surface area contributed by atoms with Crippen molar-refractivity contribution in [2.45, 2.75) is 20.0 Å². The first kappa shape index (κ1) is 25.9. The van der Waals surface area contributed by atoms with Crippen molar-refractivity contribution in [1.82, 2.24) is 10.2 Å². The summed E-state index contributed by atoms with van der Waals surface area (Å²) in [5, 5.41) is 17.0. The van der Waals surface area contributed by atoms with Crippen molar-refractivity contribution in [1.29, 1.82) is 0 Å². The zero-order valence-electron chi connectivity index (χ0n) is 19.5. The molecule has 0 saturated carbocycles. The molecule has 1 heterocycles. The molecule has 188 valence electrons. The van der Waals surface area contributed by atoms with E-state index in [1.54, 1.807) is 67.6 Å². The third kappa shape index (κ3) is 5.79. The van der Waals surface area contributed by atoms with Gasteiger partial charge in [0.25, 0.3) is 23.4 Å². The topological polar surface area (TPSA) is 122 Å². The van der Waals surface area contributed by atoms with E-state index in [1.165, 1.54) is 6.07 Å². The Morgan fingerprint density at radius 1 is 0.946 bits per heavy atom. The number of imide groups is 1. The van der Waals surface area contributed by atoms with Gasteiger partial charge >= 0.3 is 0 Å². The van der Waals surface area contributed by atoms with Crippen molar-refractivity contribution < 1.29 is 19.3 Å². The lowest BCUT2D eigenvalue weighted by atomic mass is 10.1. The van der Waals surface area contributed by atoms with Gasteiger partial charge in [-0.15, -0.1) is 0 Å². The summed E-state index contributed by atoms with van der Waals surface area (Å²) in [6.07, 6.45) is 0. The van der Waals surface area contributed by atoms with Crippen LogP contribution in [0.5, 0.6) is 0 Å². The van der Waals surface area contributed by atoms with Crippen molar-refractivity contribution in [3.8, 4) is 0 Å². The van der Waals surface area contributed by atoms with Crippen LogP contribution in [0.2, 0.25) is 5.02 Å². The van der Waals surface area contributed by atoms with E-state index in [0.29, 0.717) is 21.8 Å². The summed E-state index contributed by atoms with van der Waals surface area (Å²) in [4.78, 5) is 49.6. The minimum Gasteiger partial charge on any atom is -0.375 e. The van der Waals surface area contributed by atoms with Crippen LogP contribution in [0.1, 0.15) is 27.0 Å². The average Bonchev–Trinajstić information content (AvgIpc) is 3.08. The second-order valence-electron chi connectivity index (χ2n) is 8.27. The van der Waals surface area contributed by atoms with Gasteiger partial charge in [-0.1, -0.05) is 53.5 Å². The highest BCUT2D eigenvalue weighted by molar-refractivity contribution is 6.47. The summed E-state index contributed by atoms with van der Waals surface area (Å²) in [6.45, 7) is 1.86. The SMILES string of the molecule is Cc1ccc(NC(=O)c2ccc(CNC3=C(Cl)C(=O)N(Cc4ccc(Cl)cc4)C3=O)cc2)cc1[N+](=O)[O-]. The Balaban J connectivity index is 1.37. The van der Waals surface area contributed by atoms with Crippen molar-refractivity contribution in [3.05, 3.63) is 115 Å². The summed E-state index contributed by atoms with van der Waals surface area (Å²) in [6, 6.07) is 17.8. The molecule has 3 amide bonds. The molecule has 2 N–H and O–H groups in total. The molecule has 1 aliphatic heterocycles. The first-order chi connectivity index (χ1) is 17.6. The maximum atomic E-state index is 12.8. The van der Waals surface area contributed by atoms with Crippen LogP contribution < -0.4 is 10.6 Å². The fourth-order valence-corrected chi connectivity index (χ4v) is 4.04. The van der Waals surface area contributed by atoms with E-state index in [1.807, 2.05) is 0 Å². The maximum Gasteiger partial charge on any atom is 0.278 e. The Morgan fingerprint density at radius 3 is 2.24 bits per heavy atom. The standard InChI is InChI=1S/C26H20Cl2N4O5/c1-15-2-11-20(12-21(15)32(36)37)30-24(33)18-7-3-16(4-8-18)13-29-23-22(28)25(34)31(26(23)35)14-17-5-9-19(27)10-6-17/h2-12,29H,13-14H2,1H3,(H,30,33). The molecular formula is C26H20Cl2N4O5. The predicted octanol–water partition coefficient (Wildman–Crippen LogP) is 4.92. The predicted molar refractivity (Wildman–Crippen MR) is 139 cm³/mol. The monoisotopic (exact) mass is 538 g/mol. The number of nitro benzene ring substituents is 1. The molecule has 0 unspecified atom stereocenters. The summed E-state index contributed by atoms with van der Waals surface area (Å²) in [7, 11) is 0. The summed E-state index contributed by atoms with van der Waals surface area (Å²) >= 11 is 12.0. The smallest absolute Gasteiger partial charge is 0.278 e. The molecule has 0 aromatic heterocycles. The van der Waals surface area contributed by atoms with Gasteiger partial charge in [0.2, 0.25) is 0 Å². The van der Waals surface area contributed by atoms with E-state index >= 15 is 0 Å². The molecule has 0 bridgehead atoms. The van der Waals surface area contributed by atoms with E-state index < -0.39 is 22.6 Å². The quantitative estimate of drug-likeness (QED) is 0.238. The number of amides is 3. The number of nitrogens with one attached hydrogen (secondary N) is 2. The first-order valence-electron chi connectivity index (χ1n) is 11.0. The molecule has 1 aliphatic rings. The Labute approximate surface area is 221 Å². The number of carbonyl (C=O) groups excluding carboxylic acids is 3. The van der Waals surface area contributed by atoms with Gasteiger partial charge in [0.1, 0.15) is 10.7 Å². The van der Waals surface area contributed by atoms with Gasteiger partial charge < -0.3 is 10.6 Å². The number of anilines is 1. The van der Waals surface area contributed by atoms with Crippen molar-refractivity contribution in [2.75, 3.05) is 5.32 Å². The normalized spacial score (nSPS) is 13.2. The number of rotatable bonds is 8. The number of benzene rings is 3. The fraction of sp³-hybridized carbons (Fsp3) is 0.115. The third-order valence-electron chi connectivity index (χ3n) is 5.71. The molecule has 3 aromatic rings. The minimum atomic E-state index is -0.590. The van der Waals surface area contributed by atoms with Crippen LogP contribution in [-0.4, -0.2) is 27.5 Å². The highest BCUT2D eigenvalue weighted by atomic mass is 35.5. The number of nitro groups is 1. The second-order valence-corrected chi connectivity index (χ2v) is 9.09. The van der Waals surface area contributed by atoms with Crippen LogP contribution in [0.4, 0.5) is 11.4 Å². The van der Waals surface area contributed by atoms with Crippen LogP contribution in [0.25, 0.3) is 0 Å². The molecule has 3 aromatic carbocycles. The van der Waals surface area contributed by atoms with Gasteiger partial charge in [0.05, 0.1) is 11.5 Å². The lowest BCUT2D eigenvalue weighted by Crippen LogP contribution is -2.33. The molecule has 4 rings (SSSR count). The molecule has 0 atom stereocenters. The van der Waals surface area contributed by atoms with Gasteiger partial charge in [-0.25, -0.2) is 0 Å². The van der Waals surface area contributed by atoms with Crippen molar-refractivity contribution >= 4 is 52.3 Å². The highest BCUT2D eigenvalue weighted by Crippen LogP contribution is 2.25. The van der Waals surface area contributed by atoms with Gasteiger partial charge in [0, 0.05) is 34.4 Å². The Bertz CT molecular complexity index is 1440. The van der Waals surface area contributed by atoms with Crippen LogP contribution in [0.15, 0.2) is 77.5 Å². The van der Waals surface area contributed by atoms with Gasteiger partial charge in [-0.3, -0.25) is 29.4 Å². The number of nitrogens with zero attached hydrogens (tertiary/aromatic N) is 2. The Morgan fingerprint density at radius 2 is 1.59 bits per heavy atom. The zero-order chi connectivity index (χ0) is 26.7. The van der Waals surface area contributed by atoms with Crippen molar-refractivity contribution in [2.24, 2.45) is 0 Å². The number of aryl methyl sites for hydroxylation is 1. The molecule has 0 spiro atoms. The largest absolute Gasteiger partial charge is 0.375 e. The molecule has 37 heavy (non-hydrogen) atoms. The molecule has 0 radical (unpaired) electrons. The van der Waals surface area contributed by atoms with E-state index in [2.05, 4.69) is 10.6 Å². The molecule has 0 fully saturated rings. The fourth-order valence-electron chi connectivity index (χ4n) is 3.67. The van der Waals surface area contributed by atoms with E-state index in [0.717, 1.165) is 16.0 Å². The van der Waals surface area contributed by atoms with E-state index in [4.69, 9.17) is 23.2 Å². The lowest BCUT2D eigenvalue weighted by molar-refractivity contribution is -0.385. The van der Waals surface area contributed by atoms with Crippen LogP contribution in [-0.2, 0) is 22.7 Å². The van der Waals surface area contributed by atoms with E-state index in [9.17, 15) is 24.5 Å². The summed E-state index contributed by atoms with van der Waals surface area (Å²) in [5.41, 5.74) is 2.52. The van der Waals surface area contributed by atoms with Crippen LogP contribution in [0, 0.1) is 17.0 Å². The summed E-state index contributed by atoms with van der Waals surface area (Å²) in [5.74, 6) is -1.56. The highest BCUT2D eigenvalue weighted by Gasteiger charge is 2.37. The maximum absolute atomic E-state index is 12.8. The molecule has 0 saturated heterocycles. The van der Waals surface area contributed by atoms with Gasteiger partial charge in [-0.05, 0) is 48.4 Å². The average molecular weight is 539 g/mol. The molecule has 0 aliphatic carbocycles. The summed E-state index contributed by atoms with van der Waals surface area (Å²) < 4.78 is 0. The van der Waals surface area contributed by atoms with Gasteiger partial charge in [0.15, 0.2) is 0 Å². The number of hydrogen-bond acceptors (Lipinski definition) is 6. The molecular weight excluding hydrogens is 519 g/mol. The second kappa shape index (κ2) is 10.8.